The van der Waals surface area contributed by atoms with Crippen molar-refractivity contribution >= 4 is 24.6 Å². The van der Waals surface area contributed by atoms with Crippen LogP contribution in [0.5, 0.6) is 0 Å². The van der Waals surface area contributed by atoms with E-state index in [1.54, 1.807) is 21.9 Å². The summed E-state index contributed by atoms with van der Waals surface area (Å²) < 4.78 is 5.38. The van der Waals surface area contributed by atoms with E-state index < -0.39 is 12.7 Å². The summed E-state index contributed by atoms with van der Waals surface area (Å²) in [6, 6.07) is 6.19. The second-order valence-electron chi connectivity index (χ2n) is 7.11. The molecule has 0 aromatic heterocycles. The minimum atomic E-state index is -1.55. The van der Waals surface area contributed by atoms with E-state index in [1.807, 2.05) is 20.8 Å². The molecule has 7 nitrogen and oxygen atoms in total. The van der Waals surface area contributed by atoms with Crippen LogP contribution >= 0.6 is 0 Å². The number of benzene rings is 1. The average molecular weight is 348 g/mol. The van der Waals surface area contributed by atoms with Crippen molar-refractivity contribution in [1.82, 2.24) is 9.80 Å². The van der Waals surface area contributed by atoms with Gasteiger partial charge in [-0.05, 0) is 44.8 Å². The maximum absolute atomic E-state index is 12.6. The van der Waals surface area contributed by atoms with Crippen LogP contribution in [0.2, 0.25) is 0 Å². The largest absolute Gasteiger partial charge is 0.488 e. The molecule has 25 heavy (non-hydrogen) atoms. The molecule has 0 unspecified atom stereocenters. The molecule has 0 radical (unpaired) electrons. The van der Waals surface area contributed by atoms with Gasteiger partial charge in [-0.25, -0.2) is 4.79 Å². The molecule has 1 saturated heterocycles. The zero-order valence-corrected chi connectivity index (χ0v) is 14.9. The number of ether oxygens (including phenoxy) is 1. The highest BCUT2D eigenvalue weighted by Crippen LogP contribution is 2.13. The predicted octanol–water partition coefficient (Wildman–Crippen LogP) is 0.449. The molecule has 1 aromatic rings. The number of rotatable bonds is 2. The lowest BCUT2D eigenvalue weighted by atomic mass is 9.80. The summed E-state index contributed by atoms with van der Waals surface area (Å²) in [6.45, 7) is 7.44. The van der Waals surface area contributed by atoms with Gasteiger partial charge in [0, 0.05) is 31.7 Å². The second-order valence-corrected chi connectivity index (χ2v) is 7.11. The Balaban J connectivity index is 1.98. The Morgan fingerprint density at radius 2 is 1.56 bits per heavy atom. The molecule has 2 N–H and O–H groups in total. The van der Waals surface area contributed by atoms with Gasteiger partial charge in [-0.1, -0.05) is 12.1 Å². The van der Waals surface area contributed by atoms with E-state index in [0.29, 0.717) is 43.6 Å². The molecule has 1 aliphatic heterocycles. The van der Waals surface area contributed by atoms with Crippen molar-refractivity contribution in [2.24, 2.45) is 0 Å². The van der Waals surface area contributed by atoms with Crippen LogP contribution in [0.15, 0.2) is 24.3 Å². The van der Waals surface area contributed by atoms with Crippen molar-refractivity contribution in [3.05, 3.63) is 29.8 Å². The molecular weight excluding hydrogens is 323 g/mol. The third-order valence-electron chi connectivity index (χ3n) is 3.89. The minimum absolute atomic E-state index is 0.134. The fraction of sp³-hybridized carbons (Fsp3) is 0.529. The quantitative estimate of drug-likeness (QED) is 0.758. The summed E-state index contributed by atoms with van der Waals surface area (Å²) in [5, 5.41) is 18.2. The summed E-state index contributed by atoms with van der Waals surface area (Å²) in [4.78, 5) is 28.1. The fourth-order valence-electron chi connectivity index (χ4n) is 2.61. The summed E-state index contributed by atoms with van der Waals surface area (Å²) in [5.74, 6) is -0.134. The number of hydrogen-bond acceptors (Lipinski definition) is 5. The second kappa shape index (κ2) is 7.88. The van der Waals surface area contributed by atoms with Crippen LogP contribution in [0.3, 0.4) is 0 Å². The first-order valence-corrected chi connectivity index (χ1v) is 8.41. The van der Waals surface area contributed by atoms with Gasteiger partial charge >= 0.3 is 13.2 Å². The standard InChI is InChI=1S/C17H25BN2O5/c1-17(2,3)25-16(22)20-10-4-9-19(11-12-20)15(21)13-5-7-14(8-6-13)18(23)24/h5-8,23-24H,4,9-12H2,1-3H3. The SMILES string of the molecule is CC(C)(C)OC(=O)N1CCCN(C(=O)c2ccc(B(O)O)cc2)CC1. The molecular formula is C17H25BN2O5. The number of amides is 2. The number of carbonyl (C=O) groups is 2. The lowest BCUT2D eigenvalue weighted by molar-refractivity contribution is 0.0255. The summed E-state index contributed by atoms with van der Waals surface area (Å²) >= 11 is 0. The van der Waals surface area contributed by atoms with Crippen molar-refractivity contribution in [3.8, 4) is 0 Å². The van der Waals surface area contributed by atoms with Gasteiger partial charge in [0.05, 0.1) is 0 Å². The Morgan fingerprint density at radius 1 is 1.00 bits per heavy atom. The zero-order valence-electron chi connectivity index (χ0n) is 14.9. The van der Waals surface area contributed by atoms with E-state index in [-0.39, 0.29) is 12.0 Å². The molecule has 2 rings (SSSR count). The predicted molar refractivity (Wildman–Crippen MR) is 94.6 cm³/mol. The Labute approximate surface area is 148 Å². The summed E-state index contributed by atoms with van der Waals surface area (Å²) in [6.07, 6.45) is 0.321. The van der Waals surface area contributed by atoms with E-state index in [4.69, 9.17) is 14.8 Å². The molecule has 0 spiro atoms. The van der Waals surface area contributed by atoms with E-state index in [2.05, 4.69) is 0 Å². The van der Waals surface area contributed by atoms with E-state index >= 15 is 0 Å². The van der Waals surface area contributed by atoms with Crippen molar-refractivity contribution in [3.63, 3.8) is 0 Å². The Hall–Kier alpha value is -2.06. The molecule has 0 atom stereocenters. The fourth-order valence-corrected chi connectivity index (χ4v) is 2.61. The van der Waals surface area contributed by atoms with Crippen molar-refractivity contribution in [2.45, 2.75) is 32.8 Å². The molecule has 1 aliphatic rings. The third kappa shape index (κ3) is 5.47. The number of nitrogens with zero attached hydrogens (tertiary/aromatic N) is 2. The van der Waals surface area contributed by atoms with E-state index in [0.717, 1.165) is 0 Å². The minimum Gasteiger partial charge on any atom is -0.444 e. The Morgan fingerprint density at radius 3 is 2.12 bits per heavy atom. The zero-order chi connectivity index (χ0) is 18.6. The van der Waals surface area contributed by atoms with Gasteiger partial charge in [0.2, 0.25) is 0 Å². The van der Waals surface area contributed by atoms with Crippen LogP contribution in [-0.4, -0.2) is 70.7 Å². The van der Waals surface area contributed by atoms with Crippen LogP contribution < -0.4 is 5.46 Å². The molecule has 0 aliphatic carbocycles. The lowest BCUT2D eigenvalue weighted by Crippen LogP contribution is -2.40. The van der Waals surface area contributed by atoms with Gasteiger partial charge < -0.3 is 24.6 Å². The van der Waals surface area contributed by atoms with Crippen LogP contribution in [0.4, 0.5) is 4.79 Å². The monoisotopic (exact) mass is 348 g/mol. The number of carbonyl (C=O) groups excluding carboxylic acids is 2. The molecule has 0 saturated carbocycles. The topological polar surface area (TPSA) is 90.3 Å². The van der Waals surface area contributed by atoms with Gasteiger partial charge in [0.1, 0.15) is 5.60 Å². The summed E-state index contributed by atoms with van der Waals surface area (Å²) in [5.41, 5.74) is 0.274. The van der Waals surface area contributed by atoms with Crippen molar-refractivity contribution in [1.29, 1.82) is 0 Å². The van der Waals surface area contributed by atoms with Crippen LogP contribution in [0.25, 0.3) is 0 Å². The smallest absolute Gasteiger partial charge is 0.444 e. The first-order valence-electron chi connectivity index (χ1n) is 8.41. The molecule has 8 heteroatoms. The lowest BCUT2D eigenvalue weighted by Gasteiger charge is -2.26. The Kier molecular flexibility index (Phi) is 6.08. The molecule has 2 amide bonds. The van der Waals surface area contributed by atoms with Crippen molar-refractivity contribution in [2.75, 3.05) is 26.2 Å². The molecule has 136 valence electrons. The Bertz CT molecular complexity index is 612. The number of hydrogen-bond donors (Lipinski definition) is 2. The normalized spacial score (nSPS) is 15.6. The third-order valence-corrected chi connectivity index (χ3v) is 3.89. The highest BCUT2D eigenvalue weighted by atomic mass is 16.6. The maximum atomic E-state index is 12.6. The maximum Gasteiger partial charge on any atom is 0.488 e. The first kappa shape index (κ1) is 19.3. The van der Waals surface area contributed by atoms with Gasteiger partial charge in [0.25, 0.3) is 5.91 Å². The average Bonchev–Trinajstić information content (AvgIpc) is 2.78. The molecule has 1 heterocycles. The van der Waals surface area contributed by atoms with Gasteiger partial charge in [0.15, 0.2) is 0 Å². The van der Waals surface area contributed by atoms with Gasteiger partial charge in [-0.15, -0.1) is 0 Å². The van der Waals surface area contributed by atoms with Crippen molar-refractivity contribution < 1.29 is 24.4 Å². The summed E-state index contributed by atoms with van der Waals surface area (Å²) in [7, 11) is -1.55. The van der Waals surface area contributed by atoms with E-state index in [9.17, 15) is 9.59 Å². The molecule has 1 fully saturated rings. The highest BCUT2D eigenvalue weighted by molar-refractivity contribution is 6.58. The van der Waals surface area contributed by atoms with Crippen LogP contribution in [-0.2, 0) is 4.74 Å². The first-order chi connectivity index (χ1) is 11.7. The van der Waals surface area contributed by atoms with Gasteiger partial charge in [-0.2, -0.15) is 0 Å². The van der Waals surface area contributed by atoms with Gasteiger partial charge in [-0.3, -0.25) is 4.79 Å². The molecule has 0 bridgehead atoms. The molecule has 1 aromatic carbocycles. The van der Waals surface area contributed by atoms with Crippen LogP contribution in [0.1, 0.15) is 37.6 Å². The van der Waals surface area contributed by atoms with E-state index in [1.165, 1.54) is 12.1 Å². The highest BCUT2D eigenvalue weighted by Gasteiger charge is 2.26. The van der Waals surface area contributed by atoms with Crippen LogP contribution in [0, 0.1) is 0 Å².